The third kappa shape index (κ3) is 6.88. The summed E-state index contributed by atoms with van der Waals surface area (Å²) < 4.78 is 6.01. The lowest BCUT2D eigenvalue weighted by atomic mass is 9.86. The van der Waals surface area contributed by atoms with E-state index in [9.17, 15) is 9.59 Å². The first-order chi connectivity index (χ1) is 17.5. The highest BCUT2D eigenvalue weighted by Gasteiger charge is 2.42. The maximum Gasteiger partial charge on any atom is 0.247 e. The Kier molecular flexibility index (Phi) is 8.54. The van der Waals surface area contributed by atoms with Crippen molar-refractivity contribution in [3.8, 4) is 0 Å². The van der Waals surface area contributed by atoms with Crippen LogP contribution in [0.3, 0.4) is 0 Å². The molecule has 0 radical (unpaired) electrons. The highest BCUT2D eigenvalue weighted by molar-refractivity contribution is 6.04. The normalized spacial score (nSPS) is 24.9. The average molecular weight is 509 g/mol. The number of hydrogen-bond donors (Lipinski definition) is 2. The van der Waals surface area contributed by atoms with Crippen molar-refractivity contribution in [2.45, 2.75) is 95.9 Å². The van der Waals surface area contributed by atoms with Crippen LogP contribution < -0.4 is 15.5 Å². The zero-order valence-electron chi connectivity index (χ0n) is 23.1. The molecule has 2 amide bonds. The van der Waals surface area contributed by atoms with E-state index in [2.05, 4.69) is 48.5 Å². The molecule has 4 rings (SSSR count). The molecule has 1 aromatic carbocycles. The number of allylic oxidation sites excluding steroid dienone is 1. The molecule has 0 bridgehead atoms. The summed E-state index contributed by atoms with van der Waals surface area (Å²) in [6.45, 7) is 11.8. The van der Waals surface area contributed by atoms with Gasteiger partial charge in [0.05, 0.1) is 12.2 Å². The smallest absolute Gasteiger partial charge is 0.247 e. The van der Waals surface area contributed by atoms with E-state index < -0.39 is 12.1 Å². The molecule has 0 spiro atoms. The first-order valence-electron chi connectivity index (χ1n) is 13.8. The van der Waals surface area contributed by atoms with Crippen LogP contribution in [0.15, 0.2) is 41.4 Å². The summed E-state index contributed by atoms with van der Waals surface area (Å²) in [6, 6.07) is 6.99. The van der Waals surface area contributed by atoms with Crippen LogP contribution in [-0.2, 0) is 19.7 Å². The molecule has 202 valence electrons. The predicted molar refractivity (Wildman–Crippen MR) is 149 cm³/mol. The van der Waals surface area contributed by atoms with Gasteiger partial charge in [0, 0.05) is 37.0 Å². The quantitative estimate of drug-likeness (QED) is 0.605. The van der Waals surface area contributed by atoms with Crippen molar-refractivity contribution in [2.24, 2.45) is 10.9 Å². The Labute approximate surface area is 222 Å². The van der Waals surface area contributed by atoms with Gasteiger partial charge in [-0.25, -0.2) is 0 Å². The second-order valence-electron chi connectivity index (χ2n) is 12.4. The highest BCUT2D eigenvalue weighted by Crippen LogP contribution is 2.30. The molecular weight excluding hydrogens is 464 g/mol. The zero-order valence-corrected chi connectivity index (χ0v) is 23.1. The van der Waals surface area contributed by atoms with Crippen molar-refractivity contribution in [1.29, 1.82) is 0 Å². The zero-order chi connectivity index (χ0) is 26.6. The molecule has 1 aliphatic carbocycles. The average Bonchev–Trinajstić information content (AvgIpc) is 2.87. The van der Waals surface area contributed by atoms with Crippen LogP contribution in [0.2, 0.25) is 0 Å². The maximum atomic E-state index is 14.2. The molecule has 1 saturated carbocycles. The second kappa shape index (κ2) is 11.5. The molecule has 1 aromatic rings. The standard InChI is InChI=1S/C30H44N4O3/c1-29(2,3)22-13-15-24(16-14-22)34(28(36)25-19-37-30(4,5)20-32-25)26(21-10-9-17-31-18-21)27(35)33-23-11-7-6-8-12-23/h9-10,13-17,21,23,25-26,32H,6-8,11-12,18-20H2,1-5H3,(H,33,35)/t21?,25-,26?/m1/s1. The van der Waals surface area contributed by atoms with Crippen LogP contribution in [0.25, 0.3) is 0 Å². The SMILES string of the molecule is CC1(C)CN[C@@H](C(=O)N(c2ccc(C(C)(C)C)cc2)C(C(=O)NC2CCCCC2)C2C=CC=NC2)CO1. The Hall–Kier alpha value is -2.51. The fraction of sp³-hybridized carbons (Fsp3) is 0.633. The molecule has 2 heterocycles. The van der Waals surface area contributed by atoms with E-state index in [4.69, 9.17) is 4.74 Å². The van der Waals surface area contributed by atoms with Gasteiger partial charge in [0.15, 0.2) is 0 Å². The minimum absolute atomic E-state index is 0.0176. The minimum atomic E-state index is -0.708. The molecule has 2 unspecified atom stereocenters. The number of aliphatic imine (C=N–C) groups is 1. The fourth-order valence-electron chi connectivity index (χ4n) is 5.40. The number of carbonyl (C=O) groups excluding carboxylic acids is 2. The van der Waals surface area contributed by atoms with Gasteiger partial charge in [0.2, 0.25) is 11.8 Å². The number of amides is 2. The van der Waals surface area contributed by atoms with E-state index in [1.807, 2.05) is 38.1 Å². The van der Waals surface area contributed by atoms with Gasteiger partial charge in [-0.15, -0.1) is 0 Å². The summed E-state index contributed by atoms with van der Waals surface area (Å²) in [5.41, 5.74) is 1.54. The molecule has 2 aliphatic heterocycles. The van der Waals surface area contributed by atoms with E-state index in [0.717, 1.165) is 31.4 Å². The van der Waals surface area contributed by atoms with Gasteiger partial charge in [-0.05, 0) is 55.9 Å². The van der Waals surface area contributed by atoms with E-state index in [1.165, 1.54) is 12.0 Å². The summed E-state index contributed by atoms with van der Waals surface area (Å²) in [6.07, 6.45) is 11.1. The number of dihydropyridines is 1. The maximum absolute atomic E-state index is 14.2. The first-order valence-corrected chi connectivity index (χ1v) is 13.8. The Bertz CT molecular complexity index is 993. The van der Waals surface area contributed by atoms with E-state index in [-0.39, 0.29) is 41.4 Å². The number of hydrogen-bond acceptors (Lipinski definition) is 5. The monoisotopic (exact) mass is 508 g/mol. The van der Waals surface area contributed by atoms with Crippen molar-refractivity contribution >= 4 is 23.7 Å². The number of rotatable bonds is 6. The fourth-order valence-corrected chi connectivity index (χ4v) is 5.40. The minimum Gasteiger partial charge on any atom is -0.372 e. The largest absolute Gasteiger partial charge is 0.372 e. The van der Waals surface area contributed by atoms with Crippen LogP contribution in [0.4, 0.5) is 5.69 Å². The Morgan fingerprint density at radius 1 is 1.14 bits per heavy atom. The third-order valence-corrected chi connectivity index (χ3v) is 7.73. The molecule has 2 fully saturated rings. The molecule has 3 atom stereocenters. The summed E-state index contributed by atoms with van der Waals surface area (Å²) in [7, 11) is 0. The van der Waals surface area contributed by atoms with E-state index in [0.29, 0.717) is 13.1 Å². The predicted octanol–water partition coefficient (Wildman–Crippen LogP) is 4.16. The molecule has 37 heavy (non-hydrogen) atoms. The van der Waals surface area contributed by atoms with Gasteiger partial charge in [-0.2, -0.15) is 0 Å². The van der Waals surface area contributed by atoms with E-state index in [1.54, 1.807) is 11.1 Å². The van der Waals surface area contributed by atoms with Crippen molar-refractivity contribution < 1.29 is 14.3 Å². The molecule has 7 nitrogen and oxygen atoms in total. The van der Waals surface area contributed by atoms with Gasteiger partial charge >= 0.3 is 0 Å². The van der Waals surface area contributed by atoms with Crippen LogP contribution in [0, 0.1) is 5.92 Å². The van der Waals surface area contributed by atoms with Crippen LogP contribution in [0.1, 0.15) is 72.3 Å². The number of morpholine rings is 1. The summed E-state index contributed by atoms with van der Waals surface area (Å²) in [5.74, 6) is -0.476. The lowest BCUT2D eigenvalue weighted by molar-refractivity contribution is -0.133. The van der Waals surface area contributed by atoms with Gasteiger partial charge in [0.25, 0.3) is 0 Å². The summed E-state index contributed by atoms with van der Waals surface area (Å²) in [5, 5.41) is 6.68. The lowest BCUT2D eigenvalue weighted by Gasteiger charge is -2.41. The Balaban J connectivity index is 1.70. The Morgan fingerprint density at radius 2 is 1.84 bits per heavy atom. The molecule has 7 heteroatoms. The molecule has 0 aromatic heterocycles. The highest BCUT2D eigenvalue weighted by atomic mass is 16.5. The van der Waals surface area contributed by atoms with Crippen molar-refractivity contribution in [3.63, 3.8) is 0 Å². The van der Waals surface area contributed by atoms with Crippen molar-refractivity contribution in [1.82, 2.24) is 10.6 Å². The van der Waals surface area contributed by atoms with Crippen LogP contribution in [-0.4, -0.2) is 61.5 Å². The van der Waals surface area contributed by atoms with Crippen LogP contribution in [0.5, 0.6) is 0 Å². The van der Waals surface area contributed by atoms with Crippen molar-refractivity contribution in [2.75, 3.05) is 24.6 Å². The van der Waals surface area contributed by atoms with Gasteiger partial charge < -0.3 is 15.4 Å². The first kappa shape index (κ1) is 27.5. The van der Waals surface area contributed by atoms with Gasteiger partial charge in [-0.3, -0.25) is 19.5 Å². The number of carbonyl (C=O) groups is 2. The molecule has 1 saturated heterocycles. The van der Waals surface area contributed by atoms with E-state index >= 15 is 0 Å². The van der Waals surface area contributed by atoms with Crippen LogP contribution >= 0.6 is 0 Å². The molecule has 2 N–H and O–H groups in total. The second-order valence-corrected chi connectivity index (χ2v) is 12.4. The Morgan fingerprint density at radius 3 is 2.41 bits per heavy atom. The third-order valence-electron chi connectivity index (χ3n) is 7.73. The van der Waals surface area contributed by atoms with Gasteiger partial charge in [-0.1, -0.05) is 58.2 Å². The number of ether oxygens (including phenoxy) is 1. The number of nitrogens with one attached hydrogen (secondary N) is 2. The lowest BCUT2D eigenvalue weighted by Crippen LogP contribution is -2.63. The van der Waals surface area contributed by atoms with Gasteiger partial charge in [0.1, 0.15) is 12.1 Å². The number of nitrogens with zero attached hydrogens (tertiary/aromatic N) is 2. The molecular formula is C30H44N4O3. The summed E-state index contributed by atoms with van der Waals surface area (Å²) >= 11 is 0. The summed E-state index contributed by atoms with van der Waals surface area (Å²) in [4.78, 5) is 34.4. The molecule has 3 aliphatic rings. The number of benzene rings is 1. The number of anilines is 1. The van der Waals surface area contributed by atoms with Crippen molar-refractivity contribution in [3.05, 3.63) is 42.0 Å². The topological polar surface area (TPSA) is 83.0 Å².